The molecule has 7 heteroatoms. The third-order valence-electron chi connectivity index (χ3n) is 9.45. The summed E-state index contributed by atoms with van der Waals surface area (Å²) in [6.07, 6.45) is 5.90. The normalized spacial score (nSPS) is 14.6. The summed E-state index contributed by atoms with van der Waals surface area (Å²) in [5, 5.41) is 0. The van der Waals surface area contributed by atoms with E-state index < -0.39 is 5.41 Å². The fourth-order valence-corrected chi connectivity index (χ4v) is 7.03. The smallest absolute Gasteiger partial charge is 0.215 e. The molecule has 0 unspecified atom stereocenters. The van der Waals surface area contributed by atoms with Crippen LogP contribution in [-0.2, 0) is 31.9 Å². The van der Waals surface area contributed by atoms with Crippen LogP contribution in [0.3, 0.4) is 0 Å². The van der Waals surface area contributed by atoms with Gasteiger partial charge in [0, 0.05) is 44.4 Å². The molecule has 1 aliphatic carbocycles. The van der Waals surface area contributed by atoms with Gasteiger partial charge in [0.25, 0.3) is 0 Å². The molecule has 0 atom stereocenters. The van der Waals surface area contributed by atoms with E-state index in [1.165, 1.54) is 22.3 Å². The standard InChI is InChI=1S/C41H36N5O.Pt/c1-27-28(2)46-37(24-32(25-38(46)43-27)47-39-23-29(18-19-42-39)40(3,4)5)41(30-12-11-13-31(22-30)45-21-20-44(6)26-45)35-16-9-7-14-33(35)34-15-8-10-17-36(34)41;/h7-21,23,25-26H,1-6H3;/q-3;. The molecule has 8 rings (SSSR count). The SMILES string of the molecule is Cc1nc2cc(Oc3cc(C(C)(C)C)ccn3)[c-]c(C3(c4[c-]c(N5C=CN(C)[CH-]5)ccc4)c4ccccc4-c4ccccc43)n2c1C.[Pt]. The van der Waals surface area contributed by atoms with E-state index in [-0.39, 0.29) is 26.5 Å². The topological polar surface area (TPSA) is 45.9 Å². The van der Waals surface area contributed by atoms with Gasteiger partial charge in [-0.05, 0) is 84.0 Å². The van der Waals surface area contributed by atoms with Crippen LogP contribution in [0.5, 0.6) is 11.6 Å². The summed E-state index contributed by atoms with van der Waals surface area (Å²) >= 11 is 0. The van der Waals surface area contributed by atoms with Gasteiger partial charge in [-0.3, -0.25) is 4.98 Å². The maximum atomic E-state index is 6.59. The van der Waals surface area contributed by atoms with Gasteiger partial charge in [0.1, 0.15) is 0 Å². The molecule has 0 fully saturated rings. The molecule has 0 radical (unpaired) electrons. The molecule has 4 heterocycles. The van der Waals surface area contributed by atoms with E-state index in [1.807, 2.05) is 42.5 Å². The second kappa shape index (κ2) is 11.8. The molecule has 0 N–H and O–H groups in total. The van der Waals surface area contributed by atoms with Crippen LogP contribution in [0.2, 0.25) is 0 Å². The van der Waals surface area contributed by atoms with Crippen molar-refractivity contribution in [3.63, 3.8) is 0 Å². The van der Waals surface area contributed by atoms with Crippen LogP contribution < -0.4 is 9.64 Å². The molecule has 48 heavy (non-hydrogen) atoms. The van der Waals surface area contributed by atoms with Crippen LogP contribution in [0.25, 0.3) is 16.8 Å². The summed E-state index contributed by atoms with van der Waals surface area (Å²) in [5.41, 5.74) is 10.7. The van der Waals surface area contributed by atoms with E-state index >= 15 is 0 Å². The molecule has 0 saturated heterocycles. The van der Waals surface area contributed by atoms with Crippen molar-refractivity contribution in [2.24, 2.45) is 0 Å². The van der Waals surface area contributed by atoms with Crippen molar-refractivity contribution in [2.75, 3.05) is 11.9 Å². The first-order valence-corrected chi connectivity index (χ1v) is 16.0. The molecule has 244 valence electrons. The molecule has 3 aromatic carbocycles. The first-order valence-electron chi connectivity index (χ1n) is 16.0. The van der Waals surface area contributed by atoms with Gasteiger partial charge >= 0.3 is 0 Å². The van der Waals surface area contributed by atoms with Crippen LogP contribution >= 0.6 is 0 Å². The van der Waals surface area contributed by atoms with Gasteiger partial charge in [-0.15, -0.1) is 17.3 Å². The number of fused-ring (bicyclic) bond motifs is 4. The minimum Gasteiger partial charge on any atom is -0.510 e. The van der Waals surface area contributed by atoms with Crippen molar-refractivity contribution in [2.45, 2.75) is 45.4 Å². The Balaban J connectivity index is 0.00000364. The van der Waals surface area contributed by atoms with Crippen LogP contribution in [0, 0.1) is 32.6 Å². The Morgan fingerprint density at radius 3 is 2.21 bits per heavy atom. The number of pyridine rings is 2. The maximum Gasteiger partial charge on any atom is 0.215 e. The van der Waals surface area contributed by atoms with Crippen LogP contribution in [0.4, 0.5) is 5.69 Å². The number of rotatable bonds is 5. The van der Waals surface area contributed by atoms with Crippen LogP contribution in [0.1, 0.15) is 60.1 Å². The second-order valence-electron chi connectivity index (χ2n) is 13.5. The summed E-state index contributed by atoms with van der Waals surface area (Å²) in [5.74, 6) is 1.09. The second-order valence-corrected chi connectivity index (χ2v) is 13.5. The zero-order chi connectivity index (χ0) is 32.5. The maximum absolute atomic E-state index is 6.59. The number of benzene rings is 3. The third-order valence-corrected chi connectivity index (χ3v) is 9.45. The van der Waals surface area contributed by atoms with Gasteiger partial charge in [-0.25, -0.2) is 4.98 Å². The van der Waals surface area contributed by atoms with E-state index in [9.17, 15) is 0 Å². The van der Waals surface area contributed by atoms with Gasteiger partial charge in [-0.2, -0.15) is 37.0 Å². The number of nitrogens with zero attached hydrogens (tertiary/aromatic N) is 5. The van der Waals surface area contributed by atoms with Gasteiger partial charge in [0.2, 0.25) is 5.88 Å². The Hall–Kier alpha value is -4.67. The van der Waals surface area contributed by atoms with Crippen molar-refractivity contribution < 1.29 is 25.8 Å². The molecule has 0 amide bonds. The molecule has 0 spiro atoms. The van der Waals surface area contributed by atoms with E-state index in [2.05, 4.69) is 141 Å². The average molecular weight is 810 g/mol. The Morgan fingerprint density at radius 2 is 1.54 bits per heavy atom. The fraction of sp³-hybridized carbons (Fsp3) is 0.195. The fourth-order valence-electron chi connectivity index (χ4n) is 7.03. The number of anilines is 1. The number of ether oxygens (including phenoxy) is 1. The predicted octanol–water partition coefficient (Wildman–Crippen LogP) is 8.74. The summed E-state index contributed by atoms with van der Waals surface area (Å²) in [6.45, 7) is 12.8. The summed E-state index contributed by atoms with van der Waals surface area (Å²) in [4.78, 5) is 13.8. The molecule has 0 bridgehead atoms. The molecule has 1 aliphatic heterocycles. The Labute approximate surface area is 297 Å². The predicted molar refractivity (Wildman–Crippen MR) is 186 cm³/mol. The van der Waals surface area contributed by atoms with Gasteiger partial charge in [0.05, 0.1) is 11.3 Å². The van der Waals surface area contributed by atoms with Crippen molar-refractivity contribution >= 4 is 11.3 Å². The van der Waals surface area contributed by atoms with Crippen molar-refractivity contribution in [3.05, 3.63) is 162 Å². The van der Waals surface area contributed by atoms with Crippen LogP contribution in [-0.4, -0.2) is 26.3 Å². The van der Waals surface area contributed by atoms with E-state index in [4.69, 9.17) is 9.72 Å². The van der Waals surface area contributed by atoms with E-state index in [1.54, 1.807) is 0 Å². The van der Waals surface area contributed by atoms with E-state index in [0.717, 1.165) is 39.5 Å². The van der Waals surface area contributed by atoms with Crippen LogP contribution in [0.15, 0.2) is 104 Å². The molecule has 6 aromatic rings. The zero-order valence-electron chi connectivity index (χ0n) is 27.9. The molecule has 0 saturated carbocycles. The van der Waals surface area contributed by atoms with Crippen molar-refractivity contribution in [1.82, 2.24) is 19.3 Å². The van der Waals surface area contributed by atoms with Crippen molar-refractivity contribution in [3.8, 4) is 22.8 Å². The van der Waals surface area contributed by atoms with E-state index in [0.29, 0.717) is 11.6 Å². The summed E-state index contributed by atoms with van der Waals surface area (Å²) in [7, 11) is 2.03. The first-order chi connectivity index (χ1) is 22.6. The number of aryl methyl sites for hydroxylation is 2. The minimum absolute atomic E-state index is 0. The number of aromatic nitrogens is 3. The Kier molecular flexibility index (Phi) is 7.83. The number of imidazole rings is 1. The molecule has 2 aliphatic rings. The molecule has 3 aromatic heterocycles. The van der Waals surface area contributed by atoms with Gasteiger partial charge < -0.3 is 18.9 Å². The van der Waals surface area contributed by atoms with Gasteiger partial charge in [-0.1, -0.05) is 69.3 Å². The molecule has 6 nitrogen and oxygen atoms in total. The molecular weight excluding hydrogens is 774 g/mol. The van der Waals surface area contributed by atoms with Crippen molar-refractivity contribution in [1.29, 1.82) is 0 Å². The molecular formula is C41H36N5OPt-3. The average Bonchev–Trinajstić information content (AvgIpc) is 3.72. The largest absolute Gasteiger partial charge is 0.510 e. The Bertz CT molecular complexity index is 2170. The quantitative estimate of drug-likeness (QED) is 0.163. The summed E-state index contributed by atoms with van der Waals surface area (Å²) < 4.78 is 8.83. The minimum atomic E-state index is -0.783. The Morgan fingerprint density at radius 1 is 0.833 bits per heavy atom. The van der Waals surface area contributed by atoms with Gasteiger partial charge in [0.15, 0.2) is 0 Å². The number of hydrogen-bond acceptors (Lipinski definition) is 5. The monoisotopic (exact) mass is 809 g/mol. The summed E-state index contributed by atoms with van der Waals surface area (Å²) in [6, 6.07) is 37.5. The number of hydrogen-bond donors (Lipinski definition) is 0. The third kappa shape index (κ3) is 4.97. The zero-order valence-corrected chi connectivity index (χ0v) is 30.1. The first kappa shape index (κ1) is 31.9.